The van der Waals surface area contributed by atoms with Crippen molar-refractivity contribution < 1.29 is 9.53 Å². The number of carbonyl (C=O) groups is 1. The summed E-state index contributed by atoms with van der Waals surface area (Å²) < 4.78 is 7.73. The Morgan fingerprint density at radius 3 is 2.57 bits per heavy atom. The second kappa shape index (κ2) is 10.1. The first kappa shape index (κ1) is 22.8. The van der Waals surface area contributed by atoms with Gasteiger partial charge in [-0.25, -0.2) is 4.79 Å². The van der Waals surface area contributed by atoms with E-state index in [1.165, 1.54) is 11.8 Å². The van der Waals surface area contributed by atoms with Crippen LogP contribution < -0.4 is 15.7 Å². The minimum Gasteiger partial charge on any atom is -0.486 e. The number of amides is 1. The van der Waals surface area contributed by atoms with Crippen LogP contribution in [-0.4, -0.2) is 36.4 Å². The van der Waals surface area contributed by atoms with Gasteiger partial charge in [0.2, 0.25) is 5.91 Å². The Morgan fingerprint density at radius 1 is 1.00 bits per heavy atom. The number of ether oxygens (including phenoxy) is 1. The lowest BCUT2D eigenvalue weighted by atomic mass is 10.3. The van der Waals surface area contributed by atoms with Gasteiger partial charge in [-0.3, -0.25) is 9.36 Å². The highest BCUT2D eigenvalue weighted by Crippen LogP contribution is 2.24. The highest BCUT2D eigenvalue weighted by atomic mass is 35.5. The summed E-state index contributed by atoms with van der Waals surface area (Å²) in [5.74, 6) is 1.15. The first-order valence-electron chi connectivity index (χ1n) is 10.6. The smallest absolute Gasteiger partial charge is 0.323 e. The number of fused-ring (bicyclic) bond motifs is 1. The largest absolute Gasteiger partial charge is 0.486 e. The Bertz CT molecular complexity index is 1530. The fourth-order valence-corrected chi connectivity index (χ4v) is 4.34. The van der Waals surface area contributed by atoms with Gasteiger partial charge in [0.1, 0.15) is 12.4 Å². The minimum atomic E-state index is -0.296. The van der Waals surface area contributed by atoms with Crippen molar-refractivity contribution in [2.45, 2.75) is 11.8 Å². The Morgan fingerprint density at radius 2 is 1.77 bits per heavy atom. The van der Waals surface area contributed by atoms with E-state index in [2.05, 4.69) is 25.5 Å². The van der Waals surface area contributed by atoms with Gasteiger partial charge in [-0.15, -0.1) is 10.2 Å². The molecule has 0 aliphatic rings. The first-order chi connectivity index (χ1) is 17.0. The Balaban J connectivity index is 1.30. The molecule has 5 rings (SSSR count). The molecule has 3 N–H and O–H groups in total. The maximum absolute atomic E-state index is 12.6. The molecule has 3 aromatic carbocycles. The van der Waals surface area contributed by atoms with Crippen molar-refractivity contribution in [2.75, 3.05) is 11.1 Å². The van der Waals surface area contributed by atoms with E-state index in [1.807, 2.05) is 34.9 Å². The summed E-state index contributed by atoms with van der Waals surface area (Å²) in [7, 11) is 0. The van der Waals surface area contributed by atoms with Crippen molar-refractivity contribution >= 4 is 46.0 Å². The normalized spacial score (nSPS) is 11.0. The topological polar surface area (TPSA) is 118 Å². The molecule has 2 aromatic heterocycles. The first-order valence-corrected chi connectivity index (χ1v) is 11.9. The number of para-hydroxylation sites is 1. The maximum atomic E-state index is 12.6. The van der Waals surface area contributed by atoms with Crippen LogP contribution in [0.15, 0.2) is 82.7 Å². The van der Waals surface area contributed by atoms with Gasteiger partial charge in [0.25, 0.3) is 0 Å². The number of hydrogen-bond donors (Lipinski definition) is 3. The number of nitrogens with zero attached hydrogens (tertiary/aromatic N) is 3. The quantitative estimate of drug-likeness (QED) is 0.268. The molecule has 35 heavy (non-hydrogen) atoms. The van der Waals surface area contributed by atoms with Crippen molar-refractivity contribution in [3.8, 4) is 11.4 Å². The van der Waals surface area contributed by atoms with Crippen LogP contribution >= 0.6 is 23.4 Å². The van der Waals surface area contributed by atoms with Crippen LogP contribution in [0.5, 0.6) is 5.75 Å². The Kier molecular flexibility index (Phi) is 6.55. The third-order valence-electron chi connectivity index (χ3n) is 5.03. The van der Waals surface area contributed by atoms with Gasteiger partial charge in [-0.1, -0.05) is 41.6 Å². The zero-order valence-corrected chi connectivity index (χ0v) is 19.8. The summed E-state index contributed by atoms with van der Waals surface area (Å²) in [4.78, 5) is 29.4. The van der Waals surface area contributed by atoms with E-state index >= 15 is 0 Å². The number of thioether (sulfide) groups is 1. The fraction of sp³-hybridized carbons (Fsp3) is 0.0833. The number of hydrogen-bond acceptors (Lipinski definition) is 6. The van der Waals surface area contributed by atoms with Gasteiger partial charge in [0.05, 0.1) is 16.8 Å². The summed E-state index contributed by atoms with van der Waals surface area (Å²) in [6.07, 6.45) is 0. The number of H-pyrrole nitrogens is 2. The third kappa shape index (κ3) is 5.39. The van der Waals surface area contributed by atoms with Crippen LogP contribution in [0.3, 0.4) is 0 Å². The van der Waals surface area contributed by atoms with Crippen molar-refractivity contribution in [3.63, 3.8) is 0 Å². The van der Waals surface area contributed by atoms with E-state index in [1.54, 1.807) is 42.5 Å². The number of anilines is 1. The summed E-state index contributed by atoms with van der Waals surface area (Å²) in [6.45, 7) is 0.186. The van der Waals surface area contributed by atoms with Gasteiger partial charge in [0, 0.05) is 16.4 Å². The average Bonchev–Trinajstić information content (AvgIpc) is 3.44. The van der Waals surface area contributed by atoms with Crippen molar-refractivity contribution in [1.82, 2.24) is 24.7 Å². The molecule has 0 saturated heterocycles. The molecule has 1 amide bonds. The fourth-order valence-electron chi connectivity index (χ4n) is 3.44. The van der Waals surface area contributed by atoms with Crippen LogP contribution in [0.4, 0.5) is 5.69 Å². The molecular weight excluding hydrogens is 488 g/mol. The molecule has 0 saturated carbocycles. The second-order valence-corrected chi connectivity index (χ2v) is 8.87. The van der Waals surface area contributed by atoms with E-state index < -0.39 is 0 Å². The van der Waals surface area contributed by atoms with E-state index in [9.17, 15) is 9.59 Å². The zero-order chi connectivity index (χ0) is 24.2. The number of aromatic amines is 2. The third-order valence-corrected chi connectivity index (χ3v) is 6.21. The number of rotatable bonds is 8. The number of imidazole rings is 1. The monoisotopic (exact) mass is 506 g/mol. The molecule has 176 valence electrons. The standard InChI is InChI=1S/C24H19ClN6O3S/c25-15-6-9-18(10-7-15)34-13-21-29-30-24(31(21)17-4-2-1-3-5-17)35-14-22(32)26-16-8-11-19-20(12-16)28-23(33)27-19/h1-12H,13-14H2,(H,26,32)(H2,27,28,33). The van der Waals surface area contributed by atoms with Crippen LogP contribution in [-0.2, 0) is 11.4 Å². The number of nitrogens with one attached hydrogen (secondary N) is 3. The van der Waals surface area contributed by atoms with Gasteiger partial charge >= 0.3 is 5.69 Å². The average molecular weight is 507 g/mol. The predicted molar refractivity (Wildman–Crippen MR) is 135 cm³/mol. The molecule has 0 aliphatic carbocycles. The van der Waals surface area contributed by atoms with E-state index in [-0.39, 0.29) is 24.0 Å². The molecular formula is C24H19ClN6O3S. The highest BCUT2D eigenvalue weighted by molar-refractivity contribution is 7.99. The molecule has 0 aliphatic heterocycles. The predicted octanol–water partition coefficient (Wildman–Crippen LogP) is 4.40. The molecule has 0 unspecified atom stereocenters. The summed E-state index contributed by atoms with van der Waals surface area (Å²) in [6, 6.07) is 21.9. The van der Waals surface area contributed by atoms with Gasteiger partial charge in [0.15, 0.2) is 11.0 Å². The molecule has 0 atom stereocenters. The molecule has 0 radical (unpaired) electrons. The van der Waals surface area contributed by atoms with E-state index in [4.69, 9.17) is 16.3 Å². The number of halogens is 1. The number of benzene rings is 3. The molecule has 11 heteroatoms. The van der Waals surface area contributed by atoms with Crippen molar-refractivity contribution in [1.29, 1.82) is 0 Å². The van der Waals surface area contributed by atoms with E-state index in [0.717, 1.165) is 5.69 Å². The van der Waals surface area contributed by atoms with E-state index in [0.29, 0.717) is 38.5 Å². The Hall–Kier alpha value is -4.02. The lowest BCUT2D eigenvalue weighted by Crippen LogP contribution is -2.14. The second-order valence-electron chi connectivity index (χ2n) is 7.49. The zero-order valence-electron chi connectivity index (χ0n) is 18.2. The molecule has 0 fully saturated rings. The number of aromatic nitrogens is 5. The molecule has 9 nitrogen and oxygen atoms in total. The van der Waals surface area contributed by atoms with Crippen molar-refractivity contribution in [3.05, 3.63) is 94.1 Å². The van der Waals surface area contributed by atoms with Gasteiger partial charge in [-0.05, 0) is 54.6 Å². The maximum Gasteiger partial charge on any atom is 0.323 e. The summed E-state index contributed by atoms with van der Waals surface area (Å²) in [5.41, 5.74) is 2.44. The Labute approximate surface area is 208 Å². The SMILES string of the molecule is O=C(CSc1nnc(COc2ccc(Cl)cc2)n1-c1ccccc1)Nc1ccc2[nH]c(=O)[nH]c2c1. The molecule has 5 aromatic rings. The van der Waals surface area contributed by atoms with Gasteiger partial charge < -0.3 is 20.0 Å². The van der Waals surface area contributed by atoms with Crippen LogP contribution in [0.1, 0.15) is 5.82 Å². The van der Waals surface area contributed by atoms with Gasteiger partial charge in [-0.2, -0.15) is 0 Å². The lowest BCUT2D eigenvalue weighted by Gasteiger charge is -2.11. The van der Waals surface area contributed by atoms with Crippen molar-refractivity contribution in [2.24, 2.45) is 0 Å². The minimum absolute atomic E-state index is 0.116. The summed E-state index contributed by atoms with van der Waals surface area (Å²) in [5, 5.41) is 12.6. The summed E-state index contributed by atoms with van der Waals surface area (Å²) >= 11 is 7.20. The van der Waals surface area contributed by atoms with Crippen LogP contribution in [0.25, 0.3) is 16.7 Å². The lowest BCUT2D eigenvalue weighted by molar-refractivity contribution is -0.113. The highest BCUT2D eigenvalue weighted by Gasteiger charge is 2.17. The molecule has 0 bridgehead atoms. The van der Waals surface area contributed by atoms with Crippen LogP contribution in [0, 0.1) is 0 Å². The van der Waals surface area contributed by atoms with Crippen LogP contribution in [0.2, 0.25) is 5.02 Å². The number of carbonyl (C=O) groups excluding carboxylic acids is 1. The molecule has 2 heterocycles. The molecule has 0 spiro atoms.